The minimum absolute atomic E-state index is 0.161. The fraction of sp³-hybridized carbons (Fsp3) is 0.273. The molecule has 0 aliphatic heterocycles. The van der Waals surface area contributed by atoms with Gasteiger partial charge in [-0.25, -0.2) is 18.1 Å². The largest absolute Gasteiger partial charge is 0.397 e. The molecule has 2 aromatic rings. The molecule has 2 rings (SSSR count). The van der Waals surface area contributed by atoms with Gasteiger partial charge in [-0.2, -0.15) is 5.10 Å². The van der Waals surface area contributed by atoms with Gasteiger partial charge in [-0.3, -0.25) is 5.10 Å². The maximum absolute atomic E-state index is 11.9. The van der Waals surface area contributed by atoms with Crippen molar-refractivity contribution < 1.29 is 8.42 Å². The molecule has 0 bridgehead atoms. The molecule has 8 nitrogen and oxygen atoms in total. The molecule has 0 fully saturated rings. The minimum atomic E-state index is -3.50. The summed E-state index contributed by atoms with van der Waals surface area (Å²) in [5, 5.41) is 9.44. The first-order valence-corrected chi connectivity index (χ1v) is 7.48. The number of anilines is 2. The molecule has 1 aromatic carbocycles. The van der Waals surface area contributed by atoms with Crippen LogP contribution in [0, 0.1) is 0 Å². The monoisotopic (exact) mass is 296 g/mol. The Hall–Kier alpha value is -2.13. The maximum Gasteiger partial charge on any atom is 0.240 e. The van der Waals surface area contributed by atoms with Crippen molar-refractivity contribution in [3.63, 3.8) is 0 Å². The van der Waals surface area contributed by atoms with Crippen LogP contribution >= 0.6 is 0 Å². The summed E-state index contributed by atoms with van der Waals surface area (Å²) in [6.07, 6.45) is 1.40. The molecule has 1 aromatic heterocycles. The third-order valence-electron chi connectivity index (χ3n) is 2.58. The molecule has 0 saturated carbocycles. The van der Waals surface area contributed by atoms with Gasteiger partial charge in [0.2, 0.25) is 10.0 Å². The molecule has 0 amide bonds. The molecule has 0 aliphatic rings. The number of nitrogens with one attached hydrogen (secondary N) is 3. The van der Waals surface area contributed by atoms with E-state index < -0.39 is 10.0 Å². The predicted octanol–water partition coefficient (Wildman–Crippen LogP) is 0.297. The lowest BCUT2D eigenvalue weighted by molar-refractivity contribution is 0.584. The second kappa shape index (κ2) is 5.88. The Bertz CT molecular complexity index is 668. The van der Waals surface area contributed by atoms with Gasteiger partial charge < -0.3 is 11.1 Å². The highest BCUT2D eigenvalue weighted by atomic mass is 32.2. The predicted molar refractivity (Wildman–Crippen MR) is 75.4 cm³/mol. The smallest absolute Gasteiger partial charge is 0.240 e. The van der Waals surface area contributed by atoms with E-state index in [9.17, 15) is 8.42 Å². The van der Waals surface area contributed by atoms with Crippen LogP contribution < -0.4 is 15.8 Å². The number of aromatic nitrogens is 3. The van der Waals surface area contributed by atoms with E-state index in [1.54, 1.807) is 13.0 Å². The van der Waals surface area contributed by atoms with Crippen LogP contribution in [0.5, 0.6) is 0 Å². The van der Waals surface area contributed by atoms with Gasteiger partial charge in [0.1, 0.15) is 12.2 Å². The van der Waals surface area contributed by atoms with Crippen LogP contribution in [-0.2, 0) is 16.6 Å². The number of rotatable bonds is 6. The molecule has 9 heteroatoms. The van der Waals surface area contributed by atoms with E-state index in [1.807, 2.05) is 0 Å². The Morgan fingerprint density at radius 2 is 2.20 bits per heavy atom. The van der Waals surface area contributed by atoms with Gasteiger partial charge in [0, 0.05) is 6.54 Å². The van der Waals surface area contributed by atoms with Gasteiger partial charge in [-0.05, 0) is 18.2 Å². The van der Waals surface area contributed by atoms with E-state index in [2.05, 4.69) is 25.2 Å². The summed E-state index contributed by atoms with van der Waals surface area (Å²) in [7, 11) is -3.50. The highest BCUT2D eigenvalue weighted by Crippen LogP contribution is 2.23. The lowest BCUT2D eigenvalue weighted by Gasteiger charge is -2.11. The summed E-state index contributed by atoms with van der Waals surface area (Å²) >= 11 is 0. The Kier molecular flexibility index (Phi) is 4.20. The molecule has 5 N–H and O–H groups in total. The SMILES string of the molecule is CCNS(=O)(=O)c1ccc(N)c(NCc2ncn[nH]2)c1. The van der Waals surface area contributed by atoms with Crippen LogP contribution in [0.15, 0.2) is 29.4 Å². The number of hydrogen-bond acceptors (Lipinski definition) is 6. The molecule has 0 aliphatic carbocycles. The Morgan fingerprint density at radius 3 is 2.85 bits per heavy atom. The third-order valence-corrected chi connectivity index (χ3v) is 4.12. The van der Waals surface area contributed by atoms with Crippen molar-refractivity contribution in [3.05, 3.63) is 30.4 Å². The second-order valence-electron chi connectivity index (χ2n) is 4.04. The molecule has 0 radical (unpaired) electrons. The highest BCUT2D eigenvalue weighted by Gasteiger charge is 2.14. The van der Waals surface area contributed by atoms with Crippen LogP contribution in [0.2, 0.25) is 0 Å². The molecular formula is C11H16N6O2S. The van der Waals surface area contributed by atoms with Crippen molar-refractivity contribution in [2.75, 3.05) is 17.6 Å². The van der Waals surface area contributed by atoms with Crippen LogP contribution in [0.4, 0.5) is 11.4 Å². The van der Waals surface area contributed by atoms with Gasteiger partial charge in [0.25, 0.3) is 0 Å². The van der Waals surface area contributed by atoms with Gasteiger partial charge in [0.05, 0.1) is 22.8 Å². The van der Waals surface area contributed by atoms with Crippen molar-refractivity contribution >= 4 is 21.4 Å². The van der Waals surface area contributed by atoms with Gasteiger partial charge in [-0.15, -0.1) is 0 Å². The number of hydrogen-bond donors (Lipinski definition) is 4. The number of sulfonamides is 1. The van der Waals surface area contributed by atoms with Crippen molar-refractivity contribution in [1.82, 2.24) is 19.9 Å². The quantitative estimate of drug-likeness (QED) is 0.568. The number of nitrogens with two attached hydrogens (primary N) is 1. The van der Waals surface area contributed by atoms with E-state index in [1.165, 1.54) is 18.5 Å². The number of nitrogens with zero attached hydrogens (tertiary/aromatic N) is 2. The molecule has 0 atom stereocenters. The summed E-state index contributed by atoms with van der Waals surface area (Å²) in [4.78, 5) is 4.12. The Balaban J connectivity index is 2.20. The lowest BCUT2D eigenvalue weighted by atomic mass is 10.2. The fourth-order valence-corrected chi connectivity index (χ4v) is 2.69. The van der Waals surface area contributed by atoms with E-state index in [0.717, 1.165) is 0 Å². The lowest BCUT2D eigenvalue weighted by Crippen LogP contribution is -2.23. The molecule has 108 valence electrons. The topological polar surface area (TPSA) is 126 Å². The molecule has 0 saturated heterocycles. The molecule has 1 heterocycles. The molecule has 0 unspecified atom stereocenters. The van der Waals surface area contributed by atoms with Crippen molar-refractivity contribution in [2.24, 2.45) is 0 Å². The van der Waals surface area contributed by atoms with Crippen LogP contribution in [0.1, 0.15) is 12.7 Å². The standard InChI is InChI=1S/C11H16N6O2S/c1-2-16-20(18,19)8-3-4-9(12)10(5-8)13-6-11-14-7-15-17-11/h3-5,7,13,16H,2,6,12H2,1H3,(H,14,15,17). The maximum atomic E-state index is 11.9. The zero-order chi connectivity index (χ0) is 14.6. The van der Waals surface area contributed by atoms with Gasteiger partial charge >= 0.3 is 0 Å². The van der Waals surface area contributed by atoms with E-state index >= 15 is 0 Å². The van der Waals surface area contributed by atoms with Crippen molar-refractivity contribution in [1.29, 1.82) is 0 Å². The number of benzene rings is 1. The molecular weight excluding hydrogens is 280 g/mol. The second-order valence-corrected chi connectivity index (χ2v) is 5.80. The first-order chi connectivity index (χ1) is 9.53. The summed E-state index contributed by atoms with van der Waals surface area (Å²) in [5.41, 5.74) is 6.81. The number of H-pyrrole nitrogens is 1. The summed E-state index contributed by atoms with van der Waals surface area (Å²) < 4.78 is 26.3. The average molecular weight is 296 g/mol. The van der Waals surface area contributed by atoms with E-state index in [4.69, 9.17) is 5.73 Å². The first-order valence-electron chi connectivity index (χ1n) is 6.00. The van der Waals surface area contributed by atoms with Crippen LogP contribution in [-0.4, -0.2) is 30.1 Å². The van der Waals surface area contributed by atoms with Crippen molar-refractivity contribution in [2.45, 2.75) is 18.4 Å². The highest BCUT2D eigenvalue weighted by molar-refractivity contribution is 7.89. The third kappa shape index (κ3) is 3.25. The summed E-state index contributed by atoms with van der Waals surface area (Å²) in [5.74, 6) is 0.629. The number of nitrogen functional groups attached to an aromatic ring is 1. The average Bonchev–Trinajstić information content (AvgIpc) is 2.90. The normalized spacial score (nSPS) is 11.4. The fourth-order valence-electron chi connectivity index (χ4n) is 1.62. The Labute approximate surface area is 116 Å². The van der Waals surface area contributed by atoms with Crippen LogP contribution in [0.3, 0.4) is 0 Å². The van der Waals surface area contributed by atoms with Crippen molar-refractivity contribution in [3.8, 4) is 0 Å². The first kappa shape index (κ1) is 14.3. The molecule has 20 heavy (non-hydrogen) atoms. The molecule has 0 spiro atoms. The van der Waals surface area contributed by atoms with E-state index in [0.29, 0.717) is 30.3 Å². The van der Waals surface area contributed by atoms with Gasteiger partial charge in [-0.1, -0.05) is 6.92 Å². The summed E-state index contributed by atoms with van der Waals surface area (Å²) in [6.45, 7) is 2.42. The van der Waals surface area contributed by atoms with E-state index in [-0.39, 0.29) is 4.90 Å². The zero-order valence-corrected chi connectivity index (χ0v) is 11.7. The summed E-state index contributed by atoms with van der Waals surface area (Å²) in [6, 6.07) is 4.50. The van der Waals surface area contributed by atoms with Crippen LogP contribution in [0.25, 0.3) is 0 Å². The van der Waals surface area contributed by atoms with Gasteiger partial charge in [0.15, 0.2) is 0 Å². The number of aromatic amines is 1. The zero-order valence-electron chi connectivity index (χ0n) is 10.9. The minimum Gasteiger partial charge on any atom is -0.397 e. The Morgan fingerprint density at radius 1 is 1.40 bits per heavy atom.